The van der Waals surface area contributed by atoms with Crippen LogP contribution in [0.1, 0.15) is 127 Å². The Labute approximate surface area is 500 Å². The van der Waals surface area contributed by atoms with Gasteiger partial charge in [-0.15, -0.1) is 6.42 Å². The zero-order chi connectivity index (χ0) is 63.8. The number of likely N-dealkylation sites (tertiary alicyclic amines) is 1. The minimum atomic E-state index is -1.12. The minimum Gasteiger partial charge on any atom is -0.467 e. The summed E-state index contributed by atoms with van der Waals surface area (Å²) in [5.41, 5.74) is 0.0101. The number of nitrogens with one attached hydrogen (secondary N) is 4. The summed E-state index contributed by atoms with van der Waals surface area (Å²) in [6, 6.07) is 3.90. The van der Waals surface area contributed by atoms with Crippen LogP contribution in [0.4, 0.5) is 0 Å². The molecule has 5 N–H and O–H groups in total. The number of carbonyl (C=O) groups excluding carboxylic acids is 9. The van der Waals surface area contributed by atoms with Gasteiger partial charge >= 0.3 is 5.97 Å². The highest BCUT2D eigenvalue weighted by Gasteiger charge is 2.44. The predicted octanol–water partition coefficient (Wildman–Crippen LogP) is 3.36. The van der Waals surface area contributed by atoms with Crippen LogP contribution in [0.5, 0.6) is 0 Å². The quantitative estimate of drug-likeness (QED) is 0.0477. The Morgan fingerprint density at radius 1 is 0.786 bits per heavy atom. The number of benzene rings is 1. The van der Waals surface area contributed by atoms with E-state index in [0.717, 1.165) is 5.56 Å². The number of esters is 1. The number of aliphatic hydroxyl groups excluding tert-OH is 1. The molecule has 0 radical (unpaired) electrons. The first kappa shape index (κ1) is 74.0. The first-order chi connectivity index (χ1) is 39.3. The van der Waals surface area contributed by atoms with Crippen molar-refractivity contribution in [2.24, 2.45) is 34.5 Å². The normalized spacial score (nSPS) is 16.8. The molecule has 22 heteroatoms. The number of nitrogens with zero attached hydrogens (tertiary/aromatic N) is 4. The SMILES string of the molecule is C#CC(=O)N(CCC(=O)NCC(C)(C)COCC(C)(C)CO)CCC(=O)NC(C)C(=O)N(C)[C@@H](C(=O)N[C@H](C(=O)N(C)[C@@H]([C@@H](C)CC)[C@@H](CC(=O)N1CCC[C@H]1[C@H](OC)[C@@H](C)C(=O)N[C@@H](Cc1ccccc1)C(=O)OC)OC)C(C)C)C(C)C. The van der Waals surface area contributed by atoms with Gasteiger partial charge in [0.15, 0.2) is 0 Å². The molecule has 2 rings (SSSR count). The average Bonchev–Trinajstić information content (AvgIpc) is 4.15. The third-order valence-electron chi connectivity index (χ3n) is 15.8. The van der Waals surface area contributed by atoms with Gasteiger partial charge in [0.1, 0.15) is 24.2 Å². The Kier molecular flexibility index (Phi) is 31.1. The number of aliphatic hydroxyl groups is 1. The summed E-state index contributed by atoms with van der Waals surface area (Å²) in [5, 5.41) is 20.8. The minimum absolute atomic E-state index is 0.0311. The zero-order valence-electron chi connectivity index (χ0n) is 53.3. The van der Waals surface area contributed by atoms with Crippen LogP contribution in [-0.2, 0) is 68.5 Å². The molecule has 1 fully saturated rings. The number of ether oxygens (including phenoxy) is 4. The van der Waals surface area contributed by atoms with E-state index in [9.17, 15) is 48.3 Å². The van der Waals surface area contributed by atoms with Gasteiger partial charge < -0.3 is 64.9 Å². The summed E-state index contributed by atoms with van der Waals surface area (Å²) in [5.74, 6) is -4.37. The van der Waals surface area contributed by atoms with Gasteiger partial charge in [-0.25, -0.2) is 4.79 Å². The Hall–Kier alpha value is -6.15. The summed E-state index contributed by atoms with van der Waals surface area (Å²) in [6.07, 6.45) is 5.49. The molecule has 0 aromatic heterocycles. The summed E-state index contributed by atoms with van der Waals surface area (Å²) < 4.78 is 22.8. The summed E-state index contributed by atoms with van der Waals surface area (Å²) >= 11 is 0. The van der Waals surface area contributed by atoms with Crippen LogP contribution >= 0.6 is 0 Å². The van der Waals surface area contributed by atoms with E-state index in [1.165, 1.54) is 50.0 Å². The molecule has 22 nitrogen and oxygen atoms in total. The second-order valence-corrected chi connectivity index (χ2v) is 24.7. The molecule has 0 spiro atoms. The van der Waals surface area contributed by atoms with Gasteiger partial charge in [0, 0.05) is 84.6 Å². The van der Waals surface area contributed by atoms with Crippen LogP contribution in [-0.4, -0.2) is 208 Å². The van der Waals surface area contributed by atoms with Crippen LogP contribution in [0.3, 0.4) is 0 Å². The van der Waals surface area contributed by atoms with E-state index < -0.39 is 118 Å². The van der Waals surface area contributed by atoms with Gasteiger partial charge in [-0.1, -0.05) is 113 Å². The highest BCUT2D eigenvalue weighted by atomic mass is 16.5. The van der Waals surface area contributed by atoms with Crippen LogP contribution in [0.15, 0.2) is 30.3 Å². The third kappa shape index (κ3) is 22.7. The molecular formula is C62H102N8O14. The lowest BCUT2D eigenvalue weighted by Crippen LogP contribution is -2.61. The fourth-order valence-electron chi connectivity index (χ4n) is 10.5. The van der Waals surface area contributed by atoms with Gasteiger partial charge in [-0.2, -0.15) is 0 Å². The molecule has 1 saturated heterocycles. The van der Waals surface area contributed by atoms with Gasteiger partial charge in [0.25, 0.3) is 5.91 Å². The lowest BCUT2D eigenvalue weighted by atomic mass is 9.89. The van der Waals surface area contributed by atoms with Gasteiger partial charge in [0.05, 0.1) is 63.6 Å². The number of amides is 8. The molecule has 10 atom stereocenters. The Morgan fingerprint density at radius 2 is 1.39 bits per heavy atom. The molecular weight excluding hydrogens is 1080 g/mol. The number of rotatable bonds is 36. The van der Waals surface area contributed by atoms with Gasteiger partial charge in [0.2, 0.25) is 41.4 Å². The van der Waals surface area contributed by atoms with Crippen molar-refractivity contribution in [1.82, 2.24) is 40.9 Å². The molecule has 84 heavy (non-hydrogen) atoms. The van der Waals surface area contributed by atoms with Gasteiger partial charge in [-0.05, 0) is 49.0 Å². The lowest BCUT2D eigenvalue weighted by Gasteiger charge is -2.41. The molecule has 0 bridgehead atoms. The molecule has 1 heterocycles. The first-order valence-corrected chi connectivity index (χ1v) is 29.5. The van der Waals surface area contributed by atoms with E-state index in [2.05, 4.69) is 21.3 Å². The second-order valence-electron chi connectivity index (χ2n) is 24.7. The van der Waals surface area contributed by atoms with Crippen LogP contribution in [0.2, 0.25) is 0 Å². The molecule has 1 aliphatic heterocycles. The first-order valence-electron chi connectivity index (χ1n) is 29.5. The fraction of sp³-hybridized carbons (Fsp3) is 0.726. The molecule has 0 saturated carbocycles. The molecule has 0 aliphatic carbocycles. The lowest BCUT2D eigenvalue weighted by molar-refractivity contribution is -0.149. The van der Waals surface area contributed by atoms with Crippen molar-refractivity contribution in [3.05, 3.63) is 35.9 Å². The largest absolute Gasteiger partial charge is 0.467 e. The molecule has 1 aromatic carbocycles. The van der Waals surface area contributed by atoms with Crippen molar-refractivity contribution < 1.29 is 67.2 Å². The monoisotopic (exact) mass is 1180 g/mol. The summed E-state index contributed by atoms with van der Waals surface area (Å²) in [6.45, 7) is 22.9. The molecule has 1 aromatic rings. The number of likely N-dealkylation sites (N-methyl/N-ethyl adjacent to an activating group) is 2. The van der Waals surface area contributed by atoms with E-state index in [1.807, 2.05) is 77.8 Å². The maximum Gasteiger partial charge on any atom is 0.328 e. The Morgan fingerprint density at radius 3 is 1.93 bits per heavy atom. The van der Waals surface area contributed by atoms with E-state index in [4.69, 9.17) is 25.4 Å². The number of terminal acetylenes is 1. The fourth-order valence-corrected chi connectivity index (χ4v) is 10.5. The van der Waals surface area contributed by atoms with Crippen molar-refractivity contribution in [1.29, 1.82) is 0 Å². The summed E-state index contributed by atoms with van der Waals surface area (Å²) in [4.78, 5) is 129. The number of hydrogen-bond donors (Lipinski definition) is 5. The molecule has 8 amide bonds. The predicted molar refractivity (Wildman–Crippen MR) is 319 cm³/mol. The highest BCUT2D eigenvalue weighted by molar-refractivity contribution is 5.95. The number of hydrogen-bond acceptors (Lipinski definition) is 14. The van der Waals surface area contributed by atoms with Crippen molar-refractivity contribution >= 4 is 53.2 Å². The number of methoxy groups -OCH3 is 3. The molecule has 474 valence electrons. The van der Waals surface area contributed by atoms with E-state index in [1.54, 1.807) is 46.6 Å². The average molecular weight is 1180 g/mol. The highest BCUT2D eigenvalue weighted by Crippen LogP contribution is 2.30. The van der Waals surface area contributed by atoms with E-state index in [0.29, 0.717) is 39.0 Å². The van der Waals surface area contributed by atoms with Crippen molar-refractivity contribution in [3.8, 4) is 12.3 Å². The Bertz CT molecular complexity index is 2360. The smallest absolute Gasteiger partial charge is 0.328 e. The topological polar surface area (TPSA) is 272 Å². The molecule has 1 aliphatic rings. The maximum atomic E-state index is 14.8. The van der Waals surface area contributed by atoms with Crippen LogP contribution in [0.25, 0.3) is 0 Å². The van der Waals surface area contributed by atoms with Crippen molar-refractivity contribution in [2.75, 3.05) is 81.4 Å². The van der Waals surface area contributed by atoms with Crippen LogP contribution < -0.4 is 21.3 Å². The van der Waals surface area contributed by atoms with Crippen molar-refractivity contribution in [3.63, 3.8) is 0 Å². The van der Waals surface area contributed by atoms with Crippen molar-refractivity contribution in [2.45, 2.75) is 176 Å². The summed E-state index contributed by atoms with van der Waals surface area (Å²) in [7, 11) is 7.30. The van der Waals surface area contributed by atoms with E-state index in [-0.39, 0.29) is 69.7 Å². The zero-order valence-corrected chi connectivity index (χ0v) is 53.3. The second kappa shape index (κ2) is 35.3. The standard InChI is InChI=1S/C62H102N8O14/c1-19-41(7)54(47(81-16)34-51(75)70-30-24-27-46(70)55(82-17)42(8)56(76)65-45(60(80)83-18)33-44-25-22-21-23-26-44)68(15)59(79)52(39(3)4)66-57(77)53(40(5)6)67(14)58(78)43(9)64-49(73)29-32-69(50(74)20-2)31-28-48(72)63-35-61(10,11)37-84-38-62(12,13)36-71/h2,21-23,25-26,39-43,45-47,52-55,71H,19,24,27-38H2,1,3-18H3,(H,63,72)(H,64,73)(H,65,76)(H,66,77)/t41-,42+,43?,45-,46-,47+,52-,53+,54-,55+/m0/s1. The third-order valence-corrected chi connectivity index (χ3v) is 15.8. The molecule has 1 unspecified atom stereocenters. The van der Waals surface area contributed by atoms with E-state index >= 15 is 0 Å². The van der Waals surface area contributed by atoms with Crippen LogP contribution in [0, 0.1) is 46.8 Å². The Balaban J connectivity index is 2.18. The number of carbonyl (C=O) groups is 9. The maximum absolute atomic E-state index is 14.8. The van der Waals surface area contributed by atoms with Gasteiger partial charge in [-0.3, -0.25) is 38.4 Å².